The molecule has 0 fully saturated rings. The maximum absolute atomic E-state index is 12.4. The molecule has 0 aliphatic carbocycles. The molecule has 0 aliphatic rings. The van der Waals surface area contributed by atoms with E-state index in [1.165, 1.54) is 20.3 Å². The number of benzene rings is 2. The predicted molar refractivity (Wildman–Crippen MR) is 127 cm³/mol. The number of rotatable bonds is 11. The van der Waals surface area contributed by atoms with E-state index >= 15 is 0 Å². The normalized spacial score (nSPS) is 11.1. The maximum atomic E-state index is 12.4. The molecule has 0 aliphatic heterocycles. The number of hydrogen-bond acceptors (Lipinski definition) is 6. The van der Waals surface area contributed by atoms with Gasteiger partial charge >= 0.3 is 0 Å². The van der Waals surface area contributed by atoms with Gasteiger partial charge in [-0.05, 0) is 29.8 Å². The van der Waals surface area contributed by atoms with Crippen molar-refractivity contribution in [1.82, 2.24) is 5.32 Å². The van der Waals surface area contributed by atoms with Gasteiger partial charge in [-0.25, -0.2) is 8.42 Å². The van der Waals surface area contributed by atoms with Crippen LogP contribution in [0.15, 0.2) is 36.4 Å². The van der Waals surface area contributed by atoms with Crippen LogP contribution in [0.2, 0.25) is 10.0 Å². The number of carbonyl (C=O) groups excluding carboxylic acids is 1. The van der Waals surface area contributed by atoms with E-state index in [0.717, 1.165) is 16.1 Å². The Bertz CT molecular complexity index is 998. The number of hydrogen-bond donors (Lipinski definition) is 1. The van der Waals surface area contributed by atoms with Crippen LogP contribution >= 0.6 is 35.0 Å². The van der Waals surface area contributed by atoms with E-state index in [2.05, 4.69) is 5.32 Å². The smallest absolute Gasteiger partial charge is 0.240 e. The molecule has 31 heavy (non-hydrogen) atoms. The summed E-state index contributed by atoms with van der Waals surface area (Å²) in [6.45, 7) is -0.0260. The van der Waals surface area contributed by atoms with Gasteiger partial charge in [-0.1, -0.05) is 29.3 Å². The van der Waals surface area contributed by atoms with E-state index in [-0.39, 0.29) is 12.2 Å². The van der Waals surface area contributed by atoms with Crippen LogP contribution in [-0.2, 0) is 20.6 Å². The Kier molecular flexibility index (Phi) is 9.61. The molecule has 1 N–H and O–H groups in total. The number of halogens is 2. The SMILES string of the molecule is COc1ccc(OC)c(N(CC(=O)NCCSCc2c(Cl)cccc2Cl)S(C)(=O)=O)c1. The van der Waals surface area contributed by atoms with Crippen LogP contribution in [0.1, 0.15) is 5.56 Å². The molecule has 0 bridgehead atoms. The van der Waals surface area contributed by atoms with Gasteiger partial charge in [-0.3, -0.25) is 9.10 Å². The first-order valence-corrected chi connectivity index (χ1v) is 12.9. The highest BCUT2D eigenvalue weighted by Gasteiger charge is 2.24. The van der Waals surface area contributed by atoms with Crippen molar-refractivity contribution in [2.24, 2.45) is 0 Å². The molecule has 0 saturated heterocycles. The summed E-state index contributed by atoms with van der Waals surface area (Å²) in [6.07, 6.45) is 1.03. The number of amides is 1. The molecule has 0 unspecified atom stereocenters. The maximum Gasteiger partial charge on any atom is 0.240 e. The second kappa shape index (κ2) is 11.7. The van der Waals surface area contributed by atoms with E-state index in [1.54, 1.807) is 42.1 Å². The predicted octanol–water partition coefficient (Wildman–Crippen LogP) is 3.83. The summed E-state index contributed by atoms with van der Waals surface area (Å²) < 4.78 is 36.1. The summed E-state index contributed by atoms with van der Waals surface area (Å²) in [4.78, 5) is 12.4. The summed E-state index contributed by atoms with van der Waals surface area (Å²) >= 11 is 13.9. The van der Waals surface area contributed by atoms with Crippen LogP contribution in [0.3, 0.4) is 0 Å². The Morgan fingerprint density at radius 3 is 2.39 bits per heavy atom. The molecule has 11 heteroatoms. The summed E-state index contributed by atoms with van der Waals surface area (Å²) in [5, 5.41) is 3.93. The van der Waals surface area contributed by atoms with Crippen molar-refractivity contribution in [3.8, 4) is 11.5 Å². The lowest BCUT2D eigenvalue weighted by Gasteiger charge is -2.24. The molecule has 0 aromatic heterocycles. The lowest BCUT2D eigenvalue weighted by molar-refractivity contribution is -0.119. The summed E-state index contributed by atoms with van der Waals surface area (Å²) in [5.41, 5.74) is 1.07. The fourth-order valence-electron chi connectivity index (χ4n) is 2.67. The Labute approximate surface area is 197 Å². The van der Waals surface area contributed by atoms with Crippen LogP contribution in [-0.4, -0.2) is 53.6 Å². The van der Waals surface area contributed by atoms with Gasteiger partial charge < -0.3 is 14.8 Å². The topological polar surface area (TPSA) is 84.9 Å². The minimum atomic E-state index is -3.75. The van der Waals surface area contributed by atoms with E-state index in [4.69, 9.17) is 32.7 Å². The quantitative estimate of drug-likeness (QED) is 0.466. The first-order chi connectivity index (χ1) is 14.7. The zero-order valence-corrected chi connectivity index (χ0v) is 20.5. The van der Waals surface area contributed by atoms with Crippen LogP contribution in [0, 0.1) is 0 Å². The number of anilines is 1. The van der Waals surface area contributed by atoms with E-state index in [9.17, 15) is 13.2 Å². The van der Waals surface area contributed by atoms with E-state index in [1.807, 2.05) is 0 Å². The molecular formula is C20H24Cl2N2O5S2. The number of ether oxygens (including phenoxy) is 2. The van der Waals surface area contributed by atoms with E-state index in [0.29, 0.717) is 39.6 Å². The minimum absolute atomic E-state index is 0.224. The van der Waals surface area contributed by atoms with Gasteiger partial charge in [0.25, 0.3) is 0 Å². The molecule has 2 aromatic carbocycles. The van der Waals surface area contributed by atoms with Gasteiger partial charge in [0, 0.05) is 34.2 Å². The Morgan fingerprint density at radius 2 is 1.81 bits per heavy atom. The average Bonchev–Trinajstić information content (AvgIpc) is 2.72. The highest BCUT2D eigenvalue weighted by Crippen LogP contribution is 2.33. The Morgan fingerprint density at radius 1 is 1.13 bits per heavy atom. The molecule has 0 spiro atoms. The summed E-state index contributed by atoms with van der Waals surface area (Å²) in [5.74, 6) is 1.52. The van der Waals surface area contributed by atoms with Crippen LogP contribution in [0.4, 0.5) is 5.69 Å². The number of methoxy groups -OCH3 is 2. The molecular weight excluding hydrogens is 483 g/mol. The highest BCUT2D eigenvalue weighted by molar-refractivity contribution is 7.98. The van der Waals surface area contributed by atoms with Gasteiger partial charge in [0.1, 0.15) is 18.0 Å². The molecule has 2 aromatic rings. The van der Waals surface area contributed by atoms with Crippen molar-refractivity contribution >= 4 is 56.6 Å². The standard InChI is InChI=1S/C20H24Cl2N2O5S2/c1-28-14-7-8-19(29-2)18(11-14)24(31(3,26)27)12-20(25)23-9-10-30-13-15-16(21)5-4-6-17(15)22/h4-8,11H,9-10,12-13H2,1-3H3,(H,23,25). The van der Waals surface area contributed by atoms with Crippen LogP contribution < -0.4 is 19.1 Å². The van der Waals surface area contributed by atoms with Gasteiger partial charge in [-0.15, -0.1) is 0 Å². The zero-order chi connectivity index (χ0) is 23.0. The molecule has 0 radical (unpaired) electrons. The second-order valence-electron chi connectivity index (χ2n) is 6.41. The van der Waals surface area contributed by atoms with Crippen molar-refractivity contribution < 1.29 is 22.7 Å². The molecule has 0 atom stereocenters. The molecule has 0 saturated carbocycles. The summed E-state index contributed by atoms with van der Waals surface area (Å²) in [7, 11) is -0.855. The number of thioether (sulfide) groups is 1. The third kappa shape index (κ3) is 7.38. The minimum Gasteiger partial charge on any atom is -0.497 e. The number of nitrogens with one attached hydrogen (secondary N) is 1. The van der Waals surface area contributed by atoms with E-state index < -0.39 is 15.9 Å². The zero-order valence-electron chi connectivity index (χ0n) is 17.4. The van der Waals surface area contributed by atoms with Crippen LogP contribution in [0.25, 0.3) is 0 Å². The third-order valence-corrected chi connectivity index (χ3v) is 7.04. The number of sulfonamides is 1. The lowest BCUT2D eigenvalue weighted by atomic mass is 10.2. The Balaban J connectivity index is 1.97. The average molecular weight is 507 g/mol. The monoisotopic (exact) mass is 506 g/mol. The van der Waals surface area contributed by atoms with Crippen LogP contribution in [0.5, 0.6) is 11.5 Å². The van der Waals surface area contributed by atoms with Crippen molar-refractivity contribution in [2.45, 2.75) is 5.75 Å². The second-order valence-corrected chi connectivity index (χ2v) is 10.2. The highest BCUT2D eigenvalue weighted by atomic mass is 35.5. The number of carbonyl (C=O) groups is 1. The first kappa shape index (κ1) is 25.5. The molecule has 0 heterocycles. The largest absolute Gasteiger partial charge is 0.497 e. The van der Waals surface area contributed by atoms with Crippen molar-refractivity contribution in [3.05, 3.63) is 52.0 Å². The third-order valence-electron chi connectivity index (χ3n) is 4.22. The summed E-state index contributed by atoms with van der Waals surface area (Å²) in [6, 6.07) is 10.1. The van der Waals surface area contributed by atoms with Gasteiger partial charge in [0.2, 0.25) is 15.9 Å². The van der Waals surface area contributed by atoms with Crippen molar-refractivity contribution in [3.63, 3.8) is 0 Å². The molecule has 170 valence electrons. The van der Waals surface area contributed by atoms with Gasteiger partial charge in [0.15, 0.2) is 0 Å². The lowest BCUT2D eigenvalue weighted by Crippen LogP contribution is -2.41. The number of nitrogens with zero attached hydrogens (tertiary/aromatic N) is 1. The van der Waals surface area contributed by atoms with Gasteiger partial charge in [0.05, 0.1) is 26.2 Å². The molecule has 2 rings (SSSR count). The molecule has 1 amide bonds. The van der Waals surface area contributed by atoms with Gasteiger partial charge in [-0.2, -0.15) is 11.8 Å². The van der Waals surface area contributed by atoms with Crippen molar-refractivity contribution in [1.29, 1.82) is 0 Å². The Hall–Kier alpha value is -1.81. The first-order valence-electron chi connectivity index (χ1n) is 9.14. The van der Waals surface area contributed by atoms with Crippen molar-refractivity contribution in [2.75, 3.05) is 43.6 Å². The fourth-order valence-corrected chi connectivity index (χ4v) is 5.11. The fraction of sp³-hybridized carbons (Fsp3) is 0.350. The molecule has 7 nitrogen and oxygen atoms in total.